The maximum absolute atomic E-state index is 8.37. The fourth-order valence-electron chi connectivity index (χ4n) is 5.36. The van der Waals surface area contributed by atoms with Gasteiger partial charge in [-0.15, -0.1) is 23.8 Å². The van der Waals surface area contributed by atoms with Gasteiger partial charge in [-0.25, -0.2) is 0 Å². The Labute approximate surface area is 295 Å². The summed E-state index contributed by atoms with van der Waals surface area (Å²) in [6.45, 7) is 5.94. The van der Waals surface area contributed by atoms with Crippen LogP contribution in [0.3, 0.4) is 0 Å². The van der Waals surface area contributed by atoms with E-state index in [1.807, 2.05) is 62.5 Å². The molecule has 4 aromatic carbocycles. The molecule has 0 aliphatic rings. The standard InChI is InChI=1S/C27H22NS.C14H16GeN.Ir/c1-17(2)19-12-13-28-25(15-19)24-9-5-8-23-22-11-10-21(16-26(22)29-27(23)24)20-7-4-6-18(3)14-20;1-15(2,3)13-9-10-14(16-11-13)12-7-5-4-6-8-12;/h4-8,10-17H,1-3H3;4-7,9-11H,1-3H3;/q2*-1;/i17D;;. The Bertz CT molecular complexity index is 2130. The second-order valence-corrected chi connectivity index (χ2v) is 24.4. The molecule has 5 heteroatoms. The molecule has 0 amide bonds. The average molecular weight is 857 g/mol. The molecular weight excluding hydrogens is 817 g/mol. The summed E-state index contributed by atoms with van der Waals surface area (Å²) in [6.07, 6.45) is 3.84. The molecule has 0 unspecified atom stereocenters. The van der Waals surface area contributed by atoms with Crippen molar-refractivity contribution in [1.82, 2.24) is 9.97 Å². The van der Waals surface area contributed by atoms with Crippen molar-refractivity contribution in [3.8, 4) is 33.6 Å². The van der Waals surface area contributed by atoms with Crippen LogP contribution in [0.25, 0.3) is 53.8 Å². The topological polar surface area (TPSA) is 25.8 Å². The second-order valence-electron chi connectivity index (χ2n) is 12.7. The van der Waals surface area contributed by atoms with E-state index in [0.29, 0.717) is 0 Å². The summed E-state index contributed by atoms with van der Waals surface area (Å²) in [5, 5.41) is 2.50. The number of thiophene rings is 1. The largest absolute Gasteiger partial charge is 0 e. The van der Waals surface area contributed by atoms with E-state index in [2.05, 4.69) is 107 Å². The summed E-state index contributed by atoms with van der Waals surface area (Å²) in [7, 11) is 0. The van der Waals surface area contributed by atoms with Crippen LogP contribution >= 0.6 is 11.3 Å². The van der Waals surface area contributed by atoms with Crippen LogP contribution in [0, 0.1) is 19.1 Å². The van der Waals surface area contributed by atoms with Gasteiger partial charge in [0, 0.05) is 32.4 Å². The summed E-state index contributed by atoms with van der Waals surface area (Å²) >= 11 is 0.0755. The summed E-state index contributed by atoms with van der Waals surface area (Å²) in [6, 6.07) is 42.3. The molecule has 0 aliphatic carbocycles. The van der Waals surface area contributed by atoms with Crippen molar-refractivity contribution in [2.24, 2.45) is 0 Å². The van der Waals surface area contributed by atoms with Crippen LogP contribution < -0.4 is 4.40 Å². The Kier molecular flexibility index (Phi) is 10.3. The van der Waals surface area contributed by atoms with Gasteiger partial charge in [0.1, 0.15) is 0 Å². The third kappa shape index (κ3) is 7.58. The first-order valence-corrected chi connectivity index (χ1v) is 23.5. The first kappa shape index (κ1) is 32.5. The minimum atomic E-state index is -1.72. The molecule has 1 radical (unpaired) electrons. The molecule has 0 N–H and O–H groups in total. The molecule has 0 bridgehead atoms. The third-order valence-corrected chi connectivity index (χ3v) is 13.4. The quantitative estimate of drug-likeness (QED) is 0.127. The fraction of sp³-hybridized carbons (Fsp3) is 0.171. The second kappa shape index (κ2) is 14.6. The van der Waals surface area contributed by atoms with E-state index in [9.17, 15) is 0 Å². The summed E-state index contributed by atoms with van der Waals surface area (Å²) in [5.74, 6) is 6.48. The minimum absolute atomic E-state index is 0. The number of hydrogen-bond donors (Lipinski definition) is 0. The Morgan fingerprint density at radius 2 is 1.59 bits per heavy atom. The predicted molar refractivity (Wildman–Crippen MR) is 197 cm³/mol. The number of rotatable bonds is 5. The molecule has 233 valence electrons. The van der Waals surface area contributed by atoms with Crippen molar-refractivity contribution >= 4 is 49.2 Å². The van der Waals surface area contributed by atoms with Gasteiger partial charge in [0.2, 0.25) is 0 Å². The van der Waals surface area contributed by atoms with Crippen LogP contribution in [0.15, 0.2) is 116 Å². The van der Waals surface area contributed by atoms with E-state index in [-0.39, 0.29) is 20.1 Å². The minimum Gasteiger partial charge on any atom is 0 e. The third-order valence-electron chi connectivity index (χ3n) is 7.99. The van der Waals surface area contributed by atoms with Crippen LogP contribution in [0.1, 0.15) is 32.2 Å². The van der Waals surface area contributed by atoms with Crippen molar-refractivity contribution in [3.63, 3.8) is 0 Å². The van der Waals surface area contributed by atoms with E-state index in [4.69, 9.17) is 1.37 Å². The van der Waals surface area contributed by atoms with Gasteiger partial charge in [-0.1, -0.05) is 72.8 Å². The van der Waals surface area contributed by atoms with E-state index in [1.54, 1.807) is 17.5 Å². The van der Waals surface area contributed by atoms with Gasteiger partial charge >= 0.3 is 99.8 Å². The van der Waals surface area contributed by atoms with Crippen molar-refractivity contribution in [2.75, 3.05) is 0 Å². The summed E-state index contributed by atoms with van der Waals surface area (Å²) in [4.78, 5) is 9.14. The summed E-state index contributed by atoms with van der Waals surface area (Å²) in [5.41, 5.74) is 8.67. The Morgan fingerprint density at radius 1 is 0.761 bits per heavy atom. The molecule has 3 aromatic heterocycles. The van der Waals surface area contributed by atoms with Crippen LogP contribution in [0.5, 0.6) is 0 Å². The molecular formula is C41H38GeIrN2S-2. The van der Waals surface area contributed by atoms with Gasteiger partial charge in [0.05, 0.1) is 0 Å². The van der Waals surface area contributed by atoms with Crippen LogP contribution in [-0.2, 0) is 20.1 Å². The first-order valence-electron chi connectivity index (χ1n) is 15.8. The number of pyridine rings is 2. The van der Waals surface area contributed by atoms with Crippen molar-refractivity contribution in [2.45, 2.75) is 43.9 Å². The van der Waals surface area contributed by atoms with E-state index in [1.165, 1.54) is 41.3 Å². The average Bonchev–Trinajstić information content (AvgIpc) is 3.43. The SMILES string of the molecule is [2H]C(C)(C)c1ccnc(-c2[c-]ccc3c2sc2cc(-c4cccc(C)c4)ccc23)c1.[CH3][Ge]([CH3])([CH3])[c]1ccc(-c2[c-]cccc2)nc1.[Ir]. The molecule has 0 spiro atoms. The smallest absolute Gasteiger partial charge is 0 e. The van der Waals surface area contributed by atoms with E-state index >= 15 is 0 Å². The van der Waals surface area contributed by atoms with Crippen molar-refractivity contribution < 1.29 is 21.5 Å². The normalized spacial score (nSPS) is 11.8. The molecule has 3 heterocycles. The van der Waals surface area contributed by atoms with Crippen LogP contribution in [0.2, 0.25) is 17.3 Å². The number of aryl methyl sites for hydroxylation is 1. The fourth-order valence-corrected chi connectivity index (χ4v) is 8.78. The van der Waals surface area contributed by atoms with E-state index < -0.39 is 19.2 Å². The molecule has 0 fully saturated rings. The van der Waals surface area contributed by atoms with E-state index in [0.717, 1.165) is 28.1 Å². The molecule has 0 saturated heterocycles. The van der Waals surface area contributed by atoms with Gasteiger partial charge in [-0.05, 0) is 51.9 Å². The van der Waals surface area contributed by atoms with Crippen LogP contribution in [0.4, 0.5) is 0 Å². The number of hydrogen-bond acceptors (Lipinski definition) is 3. The van der Waals surface area contributed by atoms with Gasteiger partial charge < -0.3 is 4.98 Å². The van der Waals surface area contributed by atoms with Gasteiger partial charge in [0.25, 0.3) is 0 Å². The number of aromatic nitrogens is 2. The molecule has 0 aliphatic heterocycles. The molecule has 7 aromatic rings. The molecule has 46 heavy (non-hydrogen) atoms. The Morgan fingerprint density at radius 3 is 2.28 bits per heavy atom. The Balaban J connectivity index is 0.000000217. The first-order chi connectivity index (χ1) is 22.0. The van der Waals surface area contributed by atoms with Gasteiger partial charge in [0.15, 0.2) is 0 Å². The van der Waals surface area contributed by atoms with Crippen molar-refractivity contribution in [3.05, 3.63) is 139 Å². The van der Waals surface area contributed by atoms with Crippen molar-refractivity contribution in [1.29, 1.82) is 0 Å². The zero-order valence-corrected chi connectivity index (χ0v) is 32.4. The maximum atomic E-state index is 8.37. The molecule has 2 nitrogen and oxygen atoms in total. The van der Waals surface area contributed by atoms with Gasteiger partial charge in [-0.2, -0.15) is 11.3 Å². The zero-order chi connectivity index (χ0) is 32.5. The maximum Gasteiger partial charge on any atom is 0 e. The number of nitrogens with zero attached hydrogens (tertiary/aromatic N) is 2. The molecule has 0 atom stereocenters. The van der Waals surface area contributed by atoms with Crippen LogP contribution in [-0.4, -0.2) is 23.2 Å². The predicted octanol–water partition coefficient (Wildman–Crippen LogP) is 11.1. The number of fused-ring (bicyclic) bond motifs is 3. The Hall–Kier alpha value is -3.41. The monoisotopic (exact) mass is 858 g/mol. The zero-order valence-electron chi connectivity index (χ0n) is 28.1. The molecule has 7 rings (SSSR count). The number of benzene rings is 4. The van der Waals surface area contributed by atoms with Gasteiger partial charge in [-0.3, -0.25) is 0 Å². The summed E-state index contributed by atoms with van der Waals surface area (Å²) < 4.78 is 12.3. The molecule has 0 saturated carbocycles.